The molecule has 29 heavy (non-hydrogen) atoms. The largest absolute Gasteiger partial charge is 0.497 e. The molecule has 1 aromatic heterocycles. The third kappa shape index (κ3) is 4.62. The van der Waals surface area contributed by atoms with Crippen LogP contribution >= 0.6 is 11.8 Å². The highest BCUT2D eigenvalue weighted by Crippen LogP contribution is 2.30. The molecular weight excluding hydrogens is 392 g/mol. The molecule has 1 aliphatic rings. The highest BCUT2D eigenvalue weighted by molar-refractivity contribution is 7.99. The Morgan fingerprint density at radius 3 is 3.00 bits per heavy atom. The normalized spacial score (nSPS) is 15.0. The number of carbonyl (C=O) groups excluding carboxylic acids is 1. The molecule has 3 aromatic rings. The third-order valence-electron chi connectivity index (χ3n) is 4.27. The Kier molecular flexibility index (Phi) is 5.85. The molecule has 150 valence electrons. The van der Waals surface area contributed by atoms with Crippen LogP contribution in [0.4, 0.5) is 0 Å². The number of benzene rings is 2. The van der Waals surface area contributed by atoms with Gasteiger partial charge in [-0.25, -0.2) is 0 Å². The Labute approximate surface area is 172 Å². The molecule has 1 atom stereocenters. The van der Waals surface area contributed by atoms with Gasteiger partial charge in [-0.15, -0.1) is 10.2 Å². The van der Waals surface area contributed by atoms with Crippen LogP contribution in [-0.2, 0) is 4.79 Å². The van der Waals surface area contributed by atoms with Gasteiger partial charge in [0.05, 0.1) is 25.1 Å². The summed E-state index contributed by atoms with van der Waals surface area (Å²) in [4.78, 5) is 12.3. The van der Waals surface area contributed by atoms with Crippen molar-refractivity contribution in [1.82, 2.24) is 20.1 Å². The minimum Gasteiger partial charge on any atom is -0.497 e. The molecule has 8 nitrogen and oxygen atoms in total. The lowest BCUT2D eigenvalue weighted by Crippen LogP contribution is -2.41. The van der Waals surface area contributed by atoms with Crippen molar-refractivity contribution in [3.8, 4) is 22.9 Å². The van der Waals surface area contributed by atoms with E-state index in [0.29, 0.717) is 24.1 Å². The first-order chi connectivity index (χ1) is 14.2. The van der Waals surface area contributed by atoms with Gasteiger partial charge in [-0.3, -0.25) is 9.36 Å². The monoisotopic (exact) mass is 412 g/mol. The molecule has 0 saturated heterocycles. The number of amides is 1. The molecular formula is C20H20N4O4S. The van der Waals surface area contributed by atoms with Gasteiger partial charge in [-0.2, -0.15) is 0 Å². The Morgan fingerprint density at radius 1 is 1.28 bits per heavy atom. The molecule has 1 amide bonds. The van der Waals surface area contributed by atoms with Crippen LogP contribution in [0.5, 0.6) is 17.2 Å². The van der Waals surface area contributed by atoms with E-state index in [-0.39, 0.29) is 17.8 Å². The van der Waals surface area contributed by atoms with Gasteiger partial charge in [0.15, 0.2) is 16.7 Å². The highest BCUT2D eigenvalue weighted by atomic mass is 32.2. The van der Waals surface area contributed by atoms with Gasteiger partial charge in [-0.1, -0.05) is 30.0 Å². The van der Waals surface area contributed by atoms with Gasteiger partial charge in [0.1, 0.15) is 24.8 Å². The van der Waals surface area contributed by atoms with Crippen molar-refractivity contribution in [1.29, 1.82) is 0 Å². The van der Waals surface area contributed by atoms with E-state index in [1.165, 1.54) is 11.8 Å². The first-order valence-corrected chi connectivity index (χ1v) is 10.0. The lowest BCUT2D eigenvalue weighted by Gasteiger charge is -2.26. The number of nitrogens with zero attached hydrogens (tertiary/aromatic N) is 3. The molecule has 1 aliphatic heterocycles. The zero-order valence-corrected chi connectivity index (χ0v) is 16.6. The fraction of sp³-hybridized carbons (Fsp3) is 0.250. The maximum absolute atomic E-state index is 12.3. The van der Waals surface area contributed by atoms with E-state index in [2.05, 4.69) is 15.5 Å². The second-order valence-corrected chi connectivity index (χ2v) is 7.22. The van der Waals surface area contributed by atoms with Gasteiger partial charge in [0, 0.05) is 6.07 Å². The van der Waals surface area contributed by atoms with Crippen LogP contribution in [0.1, 0.15) is 0 Å². The Hall–Kier alpha value is -3.20. The van der Waals surface area contributed by atoms with Gasteiger partial charge in [0.2, 0.25) is 5.91 Å². The van der Waals surface area contributed by atoms with Crippen molar-refractivity contribution >= 4 is 17.7 Å². The van der Waals surface area contributed by atoms with Crippen LogP contribution in [-0.4, -0.2) is 52.8 Å². The predicted molar refractivity (Wildman–Crippen MR) is 108 cm³/mol. The van der Waals surface area contributed by atoms with Crippen molar-refractivity contribution in [2.75, 3.05) is 26.0 Å². The van der Waals surface area contributed by atoms with Crippen LogP contribution in [0.2, 0.25) is 0 Å². The maximum Gasteiger partial charge on any atom is 0.230 e. The second kappa shape index (κ2) is 8.87. The number of fused-ring (bicyclic) bond motifs is 1. The van der Waals surface area contributed by atoms with Gasteiger partial charge >= 0.3 is 0 Å². The lowest BCUT2D eigenvalue weighted by molar-refractivity contribution is -0.119. The molecule has 0 saturated carbocycles. The molecule has 0 spiro atoms. The molecule has 4 rings (SSSR count). The average Bonchev–Trinajstić information content (AvgIpc) is 3.25. The SMILES string of the molecule is COc1cccc(-n2cnnc2SCC(=O)NC[C@H]2COc3ccccc3O2)c1. The number of para-hydroxylation sites is 2. The summed E-state index contributed by atoms with van der Waals surface area (Å²) < 4.78 is 18.6. The fourth-order valence-corrected chi connectivity index (χ4v) is 3.59. The van der Waals surface area contributed by atoms with E-state index in [0.717, 1.165) is 17.2 Å². The lowest BCUT2D eigenvalue weighted by atomic mass is 10.2. The van der Waals surface area contributed by atoms with E-state index < -0.39 is 0 Å². The van der Waals surface area contributed by atoms with E-state index >= 15 is 0 Å². The molecule has 9 heteroatoms. The molecule has 0 aliphatic carbocycles. The number of methoxy groups -OCH3 is 1. The molecule has 2 aromatic carbocycles. The maximum atomic E-state index is 12.3. The van der Waals surface area contributed by atoms with E-state index in [1.807, 2.05) is 53.1 Å². The van der Waals surface area contributed by atoms with Crippen molar-refractivity contribution in [2.24, 2.45) is 0 Å². The number of thioether (sulfide) groups is 1. The molecule has 0 unspecified atom stereocenters. The highest BCUT2D eigenvalue weighted by Gasteiger charge is 2.21. The number of ether oxygens (including phenoxy) is 3. The minimum absolute atomic E-state index is 0.113. The smallest absolute Gasteiger partial charge is 0.230 e. The summed E-state index contributed by atoms with van der Waals surface area (Å²) in [5.41, 5.74) is 0.865. The topological polar surface area (TPSA) is 87.5 Å². The minimum atomic E-state index is -0.223. The quantitative estimate of drug-likeness (QED) is 0.596. The van der Waals surface area contributed by atoms with Crippen LogP contribution in [0, 0.1) is 0 Å². The Bertz CT molecular complexity index is 994. The number of carbonyl (C=O) groups is 1. The first kappa shape index (κ1) is 19.1. The van der Waals surface area contributed by atoms with E-state index in [1.54, 1.807) is 13.4 Å². The molecule has 1 N–H and O–H groups in total. The van der Waals surface area contributed by atoms with Crippen LogP contribution in [0.3, 0.4) is 0 Å². The summed E-state index contributed by atoms with van der Waals surface area (Å²) in [7, 11) is 1.62. The fourth-order valence-electron chi connectivity index (χ4n) is 2.83. The number of hydrogen-bond donors (Lipinski definition) is 1. The first-order valence-electron chi connectivity index (χ1n) is 9.05. The summed E-state index contributed by atoms with van der Waals surface area (Å²) in [5, 5.41) is 11.6. The Balaban J connectivity index is 1.29. The predicted octanol–water partition coefficient (Wildman–Crippen LogP) is 2.32. The van der Waals surface area contributed by atoms with Crippen molar-refractivity contribution in [3.05, 3.63) is 54.9 Å². The van der Waals surface area contributed by atoms with Crippen LogP contribution in [0.25, 0.3) is 5.69 Å². The van der Waals surface area contributed by atoms with Crippen molar-refractivity contribution < 1.29 is 19.0 Å². The standard InChI is InChI=1S/C20H20N4O4S/c1-26-15-6-4-5-14(9-15)24-13-22-23-20(24)29-12-19(25)21-10-16-11-27-17-7-2-3-8-18(17)28-16/h2-9,13,16H,10-12H2,1H3,(H,21,25)/t16-/m0/s1. The number of nitrogens with one attached hydrogen (secondary N) is 1. The average molecular weight is 412 g/mol. The second-order valence-electron chi connectivity index (χ2n) is 6.28. The van der Waals surface area contributed by atoms with Gasteiger partial charge in [0.25, 0.3) is 0 Å². The van der Waals surface area contributed by atoms with Gasteiger partial charge < -0.3 is 19.5 Å². The zero-order valence-electron chi connectivity index (χ0n) is 15.8. The zero-order chi connectivity index (χ0) is 20.1. The van der Waals surface area contributed by atoms with Crippen LogP contribution < -0.4 is 19.5 Å². The van der Waals surface area contributed by atoms with Gasteiger partial charge in [-0.05, 0) is 24.3 Å². The number of aromatic nitrogens is 3. The molecule has 0 fully saturated rings. The summed E-state index contributed by atoms with van der Waals surface area (Å²) >= 11 is 1.31. The summed E-state index contributed by atoms with van der Waals surface area (Å²) in [6.07, 6.45) is 1.39. The van der Waals surface area contributed by atoms with E-state index in [9.17, 15) is 4.79 Å². The molecule has 0 radical (unpaired) electrons. The van der Waals surface area contributed by atoms with Crippen LogP contribution in [0.15, 0.2) is 60.0 Å². The Morgan fingerprint density at radius 2 is 2.14 bits per heavy atom. The summed E-state index contributed by atoms with van der Waals surface area (Å²) in [6, 6.07) is 15.1. The number of hydrogen-bond acceptors (Lipinski definition) is 7. The summed E-state index contributed by atoms with van der Waals surface area (Å²) in [6.45, 7) is 0.769. The number of rotatable bonds is 7. The third-order valence-corrected chi connectivity index (χ3v) is 5.22. The van der Waals surface area contributed by atoms with Crippen molar-refractivity contribution in [2.45, 2.75) is 11.3 Å². The molecule has 2 heterocycles. The van der Waals surface area contributed by atoms with E-state index in [4.69, 9.17) is 14.2 Å². The van der Waals surface area contributed by atoms with Crippen molar-refractivity contribution in [3.63, 3.8) is 0 Å². The summed E-state index contributed by atoms with van der Waals surface area (Å²) in [5.74, 6) is 2.26. The molecule has 0 bridgehead atoms.